The van der Waals surface area contributed by atoms with E-state index in [2.05, 4.69) is 42.5 Å². The highest BCUT2D eigenvalue weighted by Gasteiger charge is 2.14. The largest absolute Gasteiger partial charge is 0.481 e. The lowest BCUT2D eigenvalue weighted by Gasteiger charge is -2.13. The van der Waals surface area contributed by atoms with Crippen LogP contribution in [0.1, 0.15) is 16.7 Å². The summed E-state index contributed by atoms with van der Waals surface area (Å²) in [6, 6.07) is 17.7. The molecule has 0 aliphatic carbocycles. The first-order valence-corrected chi connectivity index (χ1v) is 12.3. The number of benzene rings is 3. The lowest BCUT2D eigenvalue weighted by atomic mass is 10.1. The number of carbonyl (C=O) groups excluding carboxylic acids is 2. The average Bonchev–Trinajstić information content (AvgIpc) is 2.79. The van der Waals surface area contributed by atoms with Crippen LogP contribution in [0.25, 0.3) is 6.08 Å². The average molecular weight is 618 g/mol. The van der Waals surface area contributed by atoms with Crippen molar-refractivity contribution in [3.05, 3.63) is 90.8 Å². The van der Waals surface area contributed by atoms with Crippen LogP contribution in [0.3, 0.4) is 0 Å². The smallest absolute Gasteiger partial charge is 0.266 e. The minimum atomic E-state index is -0.564. The van der Waals surface area contributed by atoms with Gasteiger partial charge in [0, 0.05) is 16.4 Å². The lowest BCUT2D eigenvalue weighted by Crippen LogP contribution is -2.21. The van der Waals surface area contributed by atoms with Crippen molar-refractivity contribution in [3.8, 4) is 11.8 Å². The molecule has 0 saturated heterocycles. The van der Waals surface area contributed by atoms with Gasteiger partial charge in [-0.1, -0.05) is 29.8 Å². The number of nitrogens with zero attached hydrogens (tertiary/aromatic N) is 1. The predicted molar refractivity (Wildman–Crippen MR) is 146 cm³/mol. The van der Waals surface area contributed by atoms with Crippen LogP contribution in [0, 0.1) is 25.2 Å². The van der Waals surface area contributed by atoms with E-state index in [0.717, 1.165) is 16.8 Å². The lowest BCUT2D eigenvalue weighted by molar-refractivity contribution is -0.118. The number of carbonyl (C=O) groups is 2. The third-order valence-corrected chi connectivity index (χ3v) is 6.21. The van der Waals surface area contributed by atoms with Crippen LogP contribution in [0.4, 0.5) is 11.4 Å². The molecule has 0 aliphatic heterocycles. The highest BCUT2D eigenvalue weighted by Crippen LogP contribution is 2.35. The van der Waals surface area contributed by atoms with E-state index >= 15 is 0 Å². The third kappa shape index (κ3) is 7.43. The summed E-state index contributed by atoms with van der Waals surface area (Å²) >= 11 is 12.8. The van der Waals surface area contributed by atoms with Crippen LogP contribution < -0.4 is 15.4 Å². The van der Waals surface area contributed by atoms with Gasteiger partial charge in [-0.25, -0.2) is 0 Å². The molecule has 3 aromatic carbocycles. The SMILES string of the molecule is Cc1ccc(C)c(NC(=O)COc2c(Br)cc(/C=C(/C#N)C(=O)Nc3cccc(Cl)c3)cc2Br)c1. The van der Waals surface area contributed by atoms with Gasteiger partial charge in [0.15, 0.2) is 6.61 Å². The molecular formula is C26H20Br2ClN3O3. The molecule has 0 bridgehead atoms. The maximum absolute atomic E-state index is 12.5. The predicted octanol–water partition coefficient (Wildman–Crippen LogP) is 7.05. The summed E-state index contributed by atoms with van der Waals surface area (Å²) < 4.78 is 6.81. The molecule has 0 spiro atoms. The van der Waals surface area contributed by atoms with Gasteiger partial charge < -0.3 is 15.4 Å². The van der Waals surface area contributed by atoms with E-state index in [1.54, 1.807) is 36.4 Å². The number of ether oxygens (including phenoxy) is 1. The third-order valence-electron chi connectivity index (χ3n) is 4.79. The first-order valence-electron chi connectivity index (χ1n) is 10.3. The van der Waals surface area contributed by atoms with Gasteiger partial charge in [0.05, 0.1) is 8.95 Å². The Labute approximate surface area is 225 Å². The van der Waals surface area contributed by atoms with Crippen LogP contribution >= 0.6 is 43.5 Å². The van der Waals surface area contributed by atoms with Gasteiger partial charge in [0.25, 0.3) is 11.8 Å². The van der Waals surface area contributed by atoms with Crippen LogP contribution in [0.2, 0.25) is 5.02 Å². The van der Waals surface area contributed by atoms with Gasteiger partial charge in [-0.3, -0.25) is 9.59 Å². The number of hydrogen-bond donors (Lipinski definition) is 2. The van der Waals surface area contributed by atoms with Crippen LogP contribution in [-0.4, -0.2) is 18.4 Å². The molecule has 2 N–H and O–H groups in total. The van der Waals surface area contributed by atoms with E-state index in [4.69, 9.17) is 16.3 Å². The van der Waals surface area contributed by atoms with Gasteiger partial charge in [-0.05, 0) is 105 Å². The van der Waals surface area contributed by atoms with E-state index < -0.39 is 5.91 Å². The zero-order valence-corrected chi connectivity index (χ0v) is 22.7. The quantitative estimate of drug-likeness (QED) is 0.220. The number of nitrogens with one attached hydrogen (secondary N) is 2. The van der Waals surface area contributed by atoms with E-state index in [9.17, 15) is 14.9 Å². The van der Waals surface area contributed by atoms with E-state index in [1.807, 2.05) is 38.1 Å². The first kappa shape index (κ1) is 26.5. The van der Waals surface area contributed by atoms with E-state index in [-0.39, 0.29) is 18.1 Å². The maximum atomic E-state index is 12.5. The standard InChI is InChI=1S/C26H20Br2ClN3O3/c1-15-6-7-16(2)23(8-15)32-24(33)14-35-25-21(27)10-17(11-22(25)28)9-18(13-30)26(34)31-20-5-3-4-19(29)12-20/h3-12H,14H2,1-2H3,(H,31,34)(H,32,33)/b18-9-. The molecule has 0 radical (unpaired) electrons. The van der Waals surface area contributed by atoms with Crippen molar-refractivity contribution in [2.24, 2.45) is 0 Å². The fourth-order valence-corrected chi connectivity index (χ4v) is 4.72. The molecule has 3 rings (SSSR count). The Kier molecular flexibility index (Phi) is 9.10. The minimum Gasteiger partial charge on any atom is -0.481 e. The summed E-state index contributed by atoms with van der Waals surface area (Å²) in [5.74, 6) is -0.448. The molecule has 3 aromatic rings. The molecule has 0 aliphatic rings. The summed E-state index contributed by atoms with van der Waals surface area (Å²) in [6.07, 6.45) is 1.45. The van der Waals surface area contributed by atoms with Gasteiger partial charge in [0.1, 0.15) is 17.4 Å². The zero-order valence-electron chi connectivity index (χ0n) is 18.8. The molecular weight excluding hydrogens is 598 g/mol. The normalized spacial score (nSPS) is 10.9. The number of nitriles is 1. The van der Waals surface area contributed by atoms with Crippen molar-refractivity contribution in [2.45, 2.75) is 13.8 Å². The zero-order chi connectivity index (χ0) is 25.5. The number of hydrogen-bond acceptors (Lipinski definition) is 4. The number of rotatable bonds is 7. The van der Waals surface area contributed by atoms with Gasteiger partial charge in [-0.15, -0.1) is 0 Å². The Balaban J connectivity index is 1.70. The Morgan fingerprint density at radius 2 is 1.77 bits per heavy atom. The van der Waals surface area contributed by atoms with Crippen LogP contribution in [0.5, 0.6) is 5.75 Å². The fourth-order valence-electron chi connectivity index (χ4n) is 3.08. The highest BCUT2D eigenvalue weighted by molar-refractivity contribution is 9.11. The maximum Gasteiger partial charge on any atom is 0.266 e. The molecule has 0 saturated carbocycles. The second-order valence-corrected chi connectivity index (χ2v) is 9.75. The molecule has 6 nitrogen and oxygen atoms in total. The van der Waals surface area contributed by atoms with Crippen molar-refractivity contribution < 1.29 is 14.3 Å². The summed E-state index contributed by atoms with van der Waals surface area (Å²) in [4.78, 5) is 24.9. The molecule has 0 fully saturated rings. The first-order chi connectivity index (χ1) is 16.7. The summed E-state index contributed by atoms with van der Waals surface area (Å²) in [5, 5.41) is 15.5. The van der Waals surface area contributed by atoms with Crippen molar-refractivity contribution in [3.63, 3.8) is 0 Å². The molecule has 0 aromatic heterocycles. The molecule has 178 valence electrons. The van der Waals surface area contributed by atoms with Crippen molar-refractivity contribution >= 4 is 72.7 Å². The molecule has 2 amide bonds. The Hall–Kier alpha value is -3.12. The van der Waals surface area contributed by atoms with Crippen LogP contribution in [-0.2, 0) is 9.59 Å². The van der Waals surface area contributed by atoms with Crippen molar-refractivity contribution in [1.29, 1.82) is 5.26 Å². The topological polar surface area (TPSA) is 91.2 Å². The summed E-state index contributed by atoms with van der Waals surface area (Å²) in [5.41, 5.74) is 3.69. The number of halogens is 3. The van der Waals surface area contributed by atoms with Crippen molar-refractivity contribution in [2.75, 3.05) is 17.2 Å². The molecule has 0 atom stereocenters. The Morgan fingerprint density at radius 1 is 1.06 bits per heavy atom. The van der Waals surface area contributed by atoms with E-state index in [0.29, 0.717) is 31.0 Å². The molecule has 0 heterocycles. The molecule has 9 heteroatoms. The second kappa shape index (κ2) is 12.0. The highest BCUT2D eigenvalue weighted by atomic mass is 79.9. The number of anilines is 2. The van der Waals surface area contributed by atoms with Gasteiger partial charge >= 0.3 is 0 Å². The summed E-state index contributed by atoms with van der Waals surface area (Å²) in [7, 11) is 0. The number of aryl methyl sites for hydroxylation is 2. The Bertz CT molecular complexity index is 1340. The van der Waals surface area contributed by atoms with E-state index in [1.165, 1.54) is 6.08 Å². The Morgan fingerprint density at radius 3 is 2.43 bits per heavy atom. The molecule has 0 unspecified atom stereocenters. The summed E-state index contributed by atoms with van der Waals surface area (Å²) in [6.45, 7) is 3.67. The van der Waals surface area contributed by atoms with Crippen molar-refractivity contribution in [1.82, 2.24) is 0 Å². The number of amides is 2. The monoisotopic (exact) mass is 615 g/mol. The van der Waals surface area contributed by atoms with Gasteiger partial charge in [0.2, 0.25) is 0 Å². The van der Waals surface area contributed by atoms with Crippen LogP contribution in [0.15, 0.2) is 69.1 Å². The second-order valence-electron chi connectivity index (χ2n) is 7.60. The fraction of sp³-hybridized carbons (Fsp3) is 0.115. The van der Waals surface area contributed by atoms with Gasteiger partial charge in [-0.2, -0.15) is 5.26 Å². The molecule has 35 heavy (non-hydrogen) atoms. The minimum absolute atomic E-state index is 0.0923.